The molecule has 1 saturated heterocycles. The van der Waals surface area contributed by atoms with Crippen molar-refractivity contribution in [1.82, 2.24) is 4.90 Å². The second-order valence-electron chi connectivity index (χ2n) is 6.42. The van der Waals surface area contributed by atoms with Crippen molar-refractivity contribution in [2.45, 2.75) is 63.8 Å². The van der Waals surface area contributed by atoms with Gasteiger partial charge < -0.3 is 15.4 Å². The number of hydrogen-bond donors (Lipinski definition) is 1. The number of hydrogen-bond acceptors (Lipinski definition) is 3. The average molecular weight is 288 g/mol. The molecular formula is C17H24N2O2. The van der Waals surface area contributed by atoms with Gasteiger partial charge in [-0.15, -0.1) is 0 Å². The molecule has 4 heteroatoms. The Kier molecular flexibility index (Phi) is 3.89. The Hall–Kier alpha value is -1.55. The van der Waals surface area contributed by atoms with E-state index in [0.29, 0.717) is 12.5 Å². The molecule has 1 heterocycles. The van der Waals surface area contributed by atoms with E-state index >= 15 is 0 Å². The van der Waals surface area contributed by atoms with Crippen LogP contribution in [0.5, 0.6) is 5.75 Å². The van der Waals surface area contributed by atoms with E-state index in [0.717, 1.165) is 30.6 Å². The SMILES string of the molecule is CC(C)Oc1cccc(C2C(N)CCC(=O)N2C2CC2)c1. The maximum absolute atomic E-state index is 12.3. The number of piperidine rings is 1. The minimum Gasteiger partial charge on any atom is -0.491 e. The second kappa shape index (κ2) is 5.68. The Morgan fingerprint density at radius 3 is 2.71 bits per heavy atom. The summed E-state index contributed by atoms with van der Waals surface area (Å²) < 4.78 is 5.77. The first-order chi connectivity index (χ1) is 10.1. The lowest BCUT2D eigenvalue weighted by Gasteiger charge is -2.40. The quantitative estimate of drug-likeness (QED) is 0.926. The Morgan fingerprint density at radius 2 is 2.05 bits per heavy atom. The highest BCUT2D eigenvalue weighted by Gasteiger charge is 2.43. The maximum atomic E-state index is 12.3. The Bertz CT molecular complexity index is 525. The zero-order chi connectivity index (χ0) is 15.0. The molecule has 2 atom stereocenters. The smallest absolute Gasteiger partial charge is 0.223 e. The van der Waals surface area contributed by atoms with Crippen molar-refractivity contribution in [2.75, 3.05) is 0 Å². The molecule has 21 heavy (non-hydrogen) atoms. The summed E-state index contributed by atoms with van der Waals surface area (Å²) >= 11 is 0. The highest BCUT2D eigenvalue weighted by Crippen LogP contribution is 2.40. The predicted octanol–water partition coefficient (Wildman–Crippen LogP) is 2.63. The van der Waals surface area contributed by atoms with E-state index < -0.39 is 0 Å². The monoisotopic (exact) mass is 288 g/mol. The first kappa shape index (κ1) is 14.4. The molecule has 1 amide bonds. The number of likely N-dealkylation sites (tertiary alicyclic amines) is 1. The summed E-state index contributed by atoms with van der Waals surface area (Å²) in [5, 5.41) is 0. The van der Waals surface area contributed by atoms with Crippen LogP contribution in [-0.2, 0) is 4.79 Å². The lowest BCUT2D eigenvalue weighted by Crippen LogP contribution is -2.49. The Morgan fingerprint density at radius 1 is 1.29 bits per heavy atom. The number of ether oxygens (including phenoxy) is 1. The van der Waals surface area contributed by atoms with Gasteiger partial charge in [0.2, 0.25) is 5.91 Å². The number of benzene rings is 1. The molecule has 1 aliphatic heterocycles. The van der Waals surface area contributed by atoms with Crippen LogP contribution >= 0.6 is 0 Å². The van der Waals surface area contributed by atoms with E-state index in [4.69, 9.17) is 10.5 Å². The molecule has 1 aromatic carbocycles. The number of rotatable bonds is 4. The van der Waals surface area contributed by atoms with Crippen LogP contribution in [-0.4, -0.2) is 29.0 Å². The van der Waals surface area contributed by atoms with Gasteiger partial charge in [-0.3, -0.25) is 4.79 Å². The van der Waals surface area contributed by atoms with Crippen molar-refractivity contribution in [3.63, 3.8) is 0 Å². The number of nitrogens with two attached hydrogens (primary N) is 1. The van der Waals surface area contributed by atoms with Gasteiger partial charge in [-0.25, -0.2) is 0 Å². The lowest BCUT2D eigenvalue weighted by atomic mass is 9.90. The molecule has 114 valence electrons. The first-order valence-corrected chi connectivity index (χ1v) is 7.89. The fourth-order valence-electron chi connectivity index (χ4n) is 3.17. The standard InChI is InChI=1S/C17H24N2O2/c1-11(2)21-14-5-3-4-12(10-14)17-15(18)8-9-16(20)19(17)13-6-7-13/h3-5,10-11,13,15,17H,6-9,18H2,1-2H3. The van der Waals surface area contributed by atoms with Crippen LogP contribution in [0, 0.1) is 0 Å². The zero-order valence-electron chi connectivity index (χ0n) is 12.8. The average Bonchev–Trinajstić information content (AvgIpc) is 3.25. The van der Waals surface area contributed by atoms with Gasteiger partial charge in [0.15, 0.2) is 0 Å². The van der Waals surface area contributed by atoms with Gasteiger partial charge >= 0.3 is 0 Å². The molecule has 2 fully saturated rings. The minimum absolute atomic E-state index is 0.00513. The van der Waals surface area contributed by atoms with Crippen molar-refractivity contribution < 1.29 is 9.53 Å². The molecule has 2 unspecified atom stereocenters. The van der Waals surface area contributed by atoms with Gasteiger partial charge in [-0.1, -0.05) is 12.1 Å². The van der Waals surface area contributed by atoms with Gasteiger partial charge in [0.05, 0.1) is 12.1 Å². The summed E-state index contributed by atoms with van der Waals surface area (Å²) in [7, 11) is 0. The number of amides is 1. The predicted molar refractivity (Wildman–Crippen MR) is 82.0 cm³/mol. The van der Waals surface area contributed by atoms with Crippen LogP contribution in [0.15, 0.2) is 24.3 Å². The maximum Gasteiger partial charge on any atom is 0.223 e. The number of carbonyl (C=O) groups is 1. The van der Waals surface area contributed by atoms with E-state index in [-0.39, 0.29) is 24.1 Å². The molecule has 2 aliphatic rings. The largest absolute Gasteiger partial charge is 0.491 e. The molecule has 4 nitrogen and oxygen atoms in total. The molecular weight excluding hydrogens is 264 g/mol. The van der Waals surface area contributed by atoms with Crippen LogP contribution < -0.4 is 10.5 Å². The molecule has 0 bridgehead atoms. The van der Waals surface area contributed by atoms with Crippen LogP contribution in [0.1, 0.15) is 51.1 Å². The van der Waals surface area contributed by atoms with E-state index in [1.165, 1.54) is 0 Å². The van der Waals surface area contributed by atoms with Crippen LogP contribution in [0.3, 0.4) is 0 Å². The van der Waals surface area contributed by atoms with E-state index in [9.17, 15) is 4.79 Å². The fourth-order valence-corrected chi connectivity index (χ4v) is 3.17. The summed E-state index contributed by atoms with van der Waals surface area (Å²) in [5.74, 6) is 1.10. The van der Waals surface area contributed by atoms with Crippen molar-refractivity contribution >= 4 is 5.91 Å². The van der Waals surface area contributed by atoms with Crippen molar-refractivity contribution in [3.8, 4) is 5.75 Å². The van der Waals surface area contributed by atoms with Crippen molar-refractivity contribution in [2.24, 2.45) is 5.73 Å². The summed E-state index contributed by atoms with van der Waals surface area (Å²) in [4.78, 5) is 14.3. The van der Waals surface area contributed by atoms with E-state index in [1.807, 2.05) is 36.9 Å². The molecule has 3 rings (SSSR count). The fraction of sp³-hybridized carbons (Fsp3) is 0.588. The molecule has 0 aromatic heterocycles. The first-order valence-electron chi connectivity index (χ1n) is 7.89. The normalized spacial score (nSPS) is 26.3. The highest BCUT2D eigenvalue weighted by atomic mass is 16.5. The van der Waals surface area contributed by atoms with Crippen molar-refractivity contribution in [3.05, 3.63) is 29.8 Å². The molecule has 0 radical (unpaired) electrons. The Balaban J connectivity index is 1.90. The van der Waals surface area contributed by atoms with Gasteiger partial charge in [0.25, 0.3) is 0 Å². The number of nitrogens with zero attached hydrogens (tertiary/aromatic N) is 1. The van der Waals surface area contributed by atoms with E-state index in [1.54, 1.807) is 0 Å². The molecule has 1 saturated carbocycles. The Labute approximate surface area is 126 Å². The molecule has 1 aliphatic carbocycles. The number of carbonyl (C=O) groups excluding carboxylic acids is 1. The van der Waals surface area contributed by atoms with Gasteiger partial charge in [-0.05, 0) is 50.8 Å². The summed E-state index contributed by atoms with van der Waals surface area (Å²) in [6, 6.07) is 8.45. The summed E-state index contributed by atoms with van der Waals surface area (Å²) in [6.45, 7) is 4.03. The van der Waals surface area contributed by atoms with Gasteiger partial charge in [0, 0.05) is 18.5 Å². The van der Waals surface area contributed by atoms with Crippen LogP contribution in [0.2, 0.25) is 0 Å². The topological polar surface area (TPSA) is 55.6 Å². The summed E-state index contributed by atoms with van der Waals surface area (Å²) in [5.41, 5.74) is 7.44. The van der Waals surface area contributed by atoms with E-state index in [2.05, 4.69) is 6.07 Å². The van der Waals surface area contributed by atoms with Gasteiger partial charge in [-0.2, -0.15) is 0 Å². The van der Waals surface area contributed by atoms with Crippen molar-refractivity contribution in [1.29, 1.82) is 0 Å². The third-order valence-corrected chi connectivity index (χ3v) is 4.20. The molecule has 0 spiro atoms. The third-order valence-electron chi connectivity index (χ3n) is 4.20. The van der Waals surface area contributed by atoms with Gasteiger partial charge in [0.1, 0.15) is 5.75 Å². The van der Waals surface area contributed by atoms with Crippen LogP contribution in [0.25, 0.3) is 0 Å². The second-order valence-corrected chi connectivity index (χ2v) is 6.42. The summed E-state index contributed by atoms with van der Waals surface area (Å²) in [6.07, 6.45) is 3.70. The zero-order valence-corrected chi connectivity index (χ0v) is 12.8. The molecule has 2 N–H and O–H groups in total. The minimum atomic E-state index is -0.00513. The van der Waals surface area contributed by atoms with Crippen LogP contribution in [0.4, 0.5) is 0 Å². The third kappa shape index (κ3) is 3.05. The highest BCUT2D eigenvalue weighted by molar-refractivity contribution is 5.78. The lowest BCUT2D eigenvalue weighted by molar-refractivity contribution is -0.138. The molecule has 1 aromatic rings.